The van der Waals surface area contributed by atoms with Crippen LogP contribution >= 0.6 is 0 Å². The Labute approximate surface area is 92.4 Å². The van der Waals surface area contributed by atoms with Crippen molar-refractivity contribution in [3.8, 4) is 0 Å². The van der Waals surface area contributed by atoms with Crippen LogP contribution in [0.4, 0.5) is 0 Å². The van der Waals surface area contributed by atoms with E-state index in [4.69, 9.17) is 4.74 Å². The van der Waals surface area contributed by atoms with Crippen molar-refractivity contribution in [2.45, 2.75) is 64.4 Å². The van der Waals surface area contributed by atoms with E-state index in [9.17, 15) is 4.79 Å². The number of hydrogen-bond acceptors (Lipinski definition) is 2. The molecule has 0 radical (unpaired) electrons. The second-order valence-electron chi connectivity index (χ2n) is 5.16. The summed E-state index contributed by atoms with van der Waals surface area (Å²) in [6, 6.07) is 0. The van der Waals surface area contributed by atoms with Gasteiger partial charge in [0, 0.05) is 6.42 Å². The molecule has 3 atom stereocenters. The van der Waals surface area contributed by atoms with Gasteiger partial charge in [0.1, 0.15) is 6.10 Å². The number of carbonyl (C=O) groups excluding carboxylic acids is 1. The van der Waals surface area contributed by atoms with Crippen LogP contribution < -0.4 is 0 Å². The van der Waals surface area contributed by atoms with Gasteiger partial charge in [-0.2, -0.15) is 0 Å². The maximum Gasteiger partial charge on any atom is 0.306 e. The zero-order valence-corrected chi connectivity index (χ0v) is 9.71. The third-order valence-corrected chi connectivity index (χ3v) is 3.94. The Morgan fingerprint density at radius 1 is 1.27 bits per heavy atom. The molecule has 2 unspecified atom stereocenters. The fourth-order valence-electron chi connectivity index (χ4n) is 3.08. The van der Waals surface area contributed by atoms with Crippen LogP contribution in [-0.2, 0) is 9.53 Å². The summed E-state index contributed by atoms with van der Waals surface area (Å²) in [5.41, 5.74) is 0. The third kappa shape index (κ3) is 2.73. The number of fused-ring (bicyclic) bond motifs is 2. The first-order chi connectivity index (χ1) is 7.29. The number of esters is 1. The monoisotopic (exact) mass is 210 g/mol. The molecule has 0 amide bonds. The molecule has 2 rings (SSSR count). The first-order valence-electron chi connectivity index (χ1n) is 6.49. The van der Waals surface area contributed by atoms with Crippen LogP contribution in [0.25, 0.3) is 0 Å². The first kappa shape index (κ1) is 11.0. The highest BCUT2D eigenvalue weighted by atomic mass is 16.5. The summed E-state index contributed by atoms with van der Waals surface area (Å²) in [4.78, 5) is 11.5. The number of rotatable bonds is 5. The highest BCUT2D eigenvalue weighted by molar-refractivity contribution is 5.69. The standard InChI is InChI=1S/C13H22O2/c1-2-3-4-5-13(14)15-12-9-10-6-7-11(12)8-10/h10-12H,2-9H2,1H3/t10?,11?,12-/m1/s1. The fourth-order valence-corrected chi connectivity index (χ4v) is 3.08. The molecule has 2 heteroatoms. The molecule has 86 valence electrons. The van der Waals surface area contributed by atoms with Crippen LogP contribution in [0.2, 0.25) is 0 Å². The zero-order valence-electron chi connectivity index (χ0n) is 9.71. The average molecular weight is 210 g/mol. The van der Waals surface area contributed by atoms with Gasteiger partial charge in [-0.25, -0.2) is 0 Å². The van der Waals surface area contributed by atoms with Crippen molar-refractivity contribution in [1.29, 1.82) is 0 Å². The van der Waals surface area contributed by atoms with E-state index in [-0.39, 0.29) is 12.1 Å². The zero-order chi connectivity index (χ0) is 10.7. The molecule has 0 aromatic heterocycles. The van der Waals surface area contributed by atoms with Gasteiger partial charge in [0.2, 0.25) is 0 Å². The highest BCUT2D eigenvalue weighted by Gasteiger charge is 2.41. The van der Waals surface area contributed by atoms with Gasteiger partial charge < -0.3 is 4.74 Å². The Balaban J connectivity index is 1.66. The van der Waals surface area contributed by atoms with E-state index >= 15 is 0 Å². The average Bonchev–Trinajstić information content (AvgIpc) is 2.79. The molecule has 2 fully saturated rings. The van der Waals surface area contributed by atoms with Crippen molar-refractivity contribution in [2.75, 3.05) is 0 Å². The lowest BCUT2D eigenvalue weighted by molar-refractivity contribution is -0.151. The second-order valence-corrected chi connectivity index (χ2v) is 5.16. The lowest BCUT2D eigenvalue weighted by atomic mass is 9.98. The van der Waals surface area contributed by atoms with Crippen molar-refractivity contribution in [1.82, 2.24) is 0 Å². The van der Waals surface area contributed by atoms with Gasteiger partial charge >= 0.3 is 5.97 Å². The van der Waals surface area contributed by atoms with Gasteiger partial charge in [-0.15, -0.1) is 0 Å². The van der Waals surface area contributed by atoms with Crippen molar-refractivity contribution in [3.63, 3.8) is 0 Å². The predicted octanol–water partition coefficient (Wildman–Crippen LogP) is 3.30. The summed E-state index contributed by atoms with van der Waals surface area (Å²) in [5.74, 6) is 1.61. The maximum atomic E-state index is 11.5. The molecule has 0 N–H and O–H groups in total. The molecule has 2 aliphatic carbocycles. The van der Waals surface area contributed by atoms with E-state index in [2.05, 4.69) is 6.92 Å². The van der Waals surface area contributed by atoms with E-state index in [0.717, 1.165) is 25.2 Å². The Bertz CT molecular complexity index is 225. The summed E-state index contributed by atoms with van der Waals surface area (Å²) < 4.78 is 5.55. The smallest absolute Gasteiger partial charge is 0.306 e. The molecule has 0 saturated heterocycles. The summed E-state index contributed by atoms with van der Waals surface area (Å²) in [5, 5.41) is 0. The quantitative estimate of drug-likeness (QED) is 0.514. The van der Waals surface area contributed by atoms with Crippen LogP contribution in [0.3, 0.4) is 0 Å². The number of carbonyl (C=O) groups is 1. The molecular weight excluding hydrogens is 188 g/mol. The molecule has 2 bridgehead atoms. The van der Waals surface area contributed by atoms with Gasteiger partial charge in [-0.05, 0) is 43.9 Å². The summed E-state index contributed by atoms with van der Waals surface area (Å²) in [6.45, 7) is 2.15. The lowest BCUT2D eigenvalue weighted by Gasteiger charge is -2.21. The van der Waals surface area contributed by atoms with Crippen LogP contribution in [0, 0.1) is 11.8 Å². The normalized spacial score (nSPS) is 33.3. The molecule has 0 aromatic rings. The minimum absolute atomic E-state index is 0.0426. The fraction of sp³-hybridized carbons (Fsp3) is 0.923. The molecule has 2 aliphatic rings. The Morgan fingerprint density at radius 3 is 2.73 bits per heavy atom. The minimum Gasteiger partial charge on any atom is -0.462 e. The largest absolute Gasteiger partial charge is 0.462 e. The first-order valence-corrected chi connectivity index (χ1v) is 6.49. The molecule has 15 heavy (non-hydrogen) atoms. The molecular formula is C13H22O2. The van der Waals surface area contributed by atoms with Gasteiger partial charge in [-0.1, -0.05) is 19.8 Å². The van der Waals surface area contributed by atoms with E-state index < -0.39 is 0 Å². The van der Waals surface area contributed by atoms with Gasteiger partial charge in [-0.3, -0.25) is 4.79 Å². The molecule has 0 aromatic carbocycles. The van der Waals surface area contributed by atoms with Gasteiger partial charge in [0.05, 0.1) is 0 Å². The third-order valence-electron chi connectivity index (χ3n) is 3.94. The second kappa shape index (κ2) is 5.00. The Hall–Kier alpha value is -0.530. The van der Waals surface area contributed by atoms with Crippen molar-refractivity contribution in [3.05, 3.63) is 0 Å². The number of hydrogen-bond donors (Lipinski definition) is 0. The molecule has 2 saturated carbocycles. The van der Waals surface area contributed by atoms with Crippen molar-refractivity contribution < 1.29 is 9.53 Å². The predicted molar refractivity (Wildman–Crippen MR) is 59.5 cm³/mol. The summed E-state index contributed by atoms with van der Waals surface area (Å²) >= 11 is 0. The van der Waals surface area contributed by atoms with E-state index in [1.807, 2.05) is 0 Å². The topological polar surface area (TPSA) is 26.3 Å². The number of unbranched alkanes of at least 4 members (excludes halogenated alkanes) is 2. The van der Waals surface area contributed by atoms with Crippen molar-refractivity contribution in [2.24, 2.45) is 11.8 Å². The summed E-state index contributed by atoms with van der Waals surface area (Å²) in [7, 11) is 0. The highest BCUT2D eigenvalue weighted by Crippen LogP contribution is 2.45. The Kier molecular flexibility index (Phi) is 3.66. The van der Waals surface area contributed by atoms with Crippen molar-refractivity contribution >= 4 is 5.97 Å². The van der Waals surface area contributed by atoms with E-state index in [1.165, 1.54) is 25.7 Å². The van der Waals surface area contributed by atoms with Crippen LogP contribution in [0.5, 0.6) is 0 Å². The SMILES string of the molecule is CCCCCC(=O)O[C@@H]1CC2CCC1C2. The van der Waals surface area contributed by atoms with Gasteiger partial charge in [0.25, 0.3) is 0 Å². The molecule has 0 spiro atoms. The van der Waals surface area contributed by atoms with Crippen LogP contribution in [0.15, 0.2) is 0 Å². The minimum atomic E-state index is 0.0426. The maximum absolute atomic E-state index is 11.5. The molecule has 2 nitrogen and oxygen atoms in total. The van der Waals surface area contributed by atoms with E-state index in [0.29, 0.717) is 12.3 Å². The molecule has 0 aliphatic heterocycles. The molecule has 0 heterocycles. The summed E-state index contributed by atoms with van der Waals surface area (Å²) in [6.07, 6.45) is 9.33. The Morgan fingerprint density at radius 2 is 2.13 bits per heavy atom. The van der Waals surface area contributed by atoms with Crippen LogP contribution in [0.1, 0.15) is 58.3 Å². The van der Waals surface area contributed by atoms with Gasteiger partial charge in [0.15, 0.2) is 0 Å². The lowest BCUT2D eigenvalue weighted by Crippen LogP contribution is -2.23. The van der Waals surface area contributed by atoms with E-state index in [1.54, 1.807) is 0 Å². The van der Waals surface area contributed by atoms with Crippen LogP contribution in [-0.4, -0.2) is 12.1 Å². The number of ether oxygens (including phenoxy) is 1.